The molecule has 0 aliphatic carbocycles. The lowest BCUT2D eigenvalue weighted by Crippen LogP contribution is -2.33. The van der Waals surface area contributed by atoms with Gasteiger partial charge in [0.1, 0.15) is 5.82 Å². The van der Waals surface area contributed by atoms with Crippen molar-refractivity contribution in [2.24, 2.45) is 0 Å². The van der Waals surface area contributed by atoms with Gasteiger partial charge in [-0.1, -0.05) is 19.0 Å². The molecule has 3 rings (SSSR count). The Balaban J connectivity index is 1.60. The SMILES string of the molecule is Cc1cc(N)c(F)cc1C1CCN(Cc2noc(C(C)C)n2)CC1. The van der Waals surface area contributed by atoms with Crippen LogP contribution in [0, 0.1) is 12.7 Å². The van der Waals surface area contributed by atoms with Crippen molar-refractivity contribution in [3.8, 4) is 0 Å². The minimum absolute atomic E-state index is 0.228. The van der Waals surface area contributed by atoms with Crippen molar-refractivity contribution in [3.05, 3.63) is 40.8 Å². The van der Waals surface area contributed by atoms with Crippen molar-refractivity contribution in [2.75, 3.05) is 18.8 Å². The molecule has 0 atom stereocenters. The molecule has 1 aliphatic heterocycles. The fraction of sp³-hybridized carbons (Fsp3) is 0.556. The van der Waals surface area contributed by atoms with Crippen molar-refractivity contribution in [1.82, 2.24) is 15.0 Å². The number of anilines is 1. The summed E-state index contributed by atoms with van der Waals surface area (Å²) in [6.07, 6.45) is 2.00. The van der Waals surface area contributed by atoms with Gasteiger partial charge in [-0.25, -0.2) is 4.39 Å². The number of hydrogen-bond donors (Lipinski definition) is 1. The summed E-state index contributed by atoms with van der Waals surface area (Å²) in [6.45, 7) is 8.68. The molecule has 2 N–H and O–H groups in total. The van der Waals surface area contributed by atoms with E-state index in [2.05, 4.69) is 15.0 Å². The Labute approximate surface area is 142 Å². The van der Waals surface area contributed by atoms with Gasteiger partial charge in [-0.2, -0.15) is 4.98 Å². The molecule has 5 nitrogen and oxygen atoms in total. The Hall–Kier alpha value is -1.95. The number of hydrogen-bond acceptors (Lipinski definition) is 5. The molecule has 0 amide bonds. The molecule has 0 spiro atoms. The van der Waals surface area contributed by atoms with E-state index in [1.165, 1.54) is 0 Å². The van der Waals surface area contributed by atoms with Crippen LogP contribution in [0.5, 0.6) is 0 Å². The number of likely N-dealkylation sites (tertiary alicyclic amines) is 1. The average molecular weight is 332 g/mol. The van der Waals surface area contributed by atoms with Crippen LogP contribution in [0.15, 0.2) is 16.7 Å². The van der Waals surface area contributed by atoms with E-state index < -0.39 is 0 Å². The van der Waals surface area contributed by atoms with Gasteiger partial charge in [0, 0.05) is 5.92 Å². The first-order valence-electron chi connectivity index (χ1n) is 8.54. The predicted molar refractivity (Wildman–Crippen MR) is 91.2 cm³/mol. The van der Waals surface area contributed by atoms with Crippen molar-refractivity contribution < 1.29 is 8.91 Å². The number of nitrogens with zero attached hydrogens (tertiary/aromatic N) is 3. The van der Waals surface area contributed by atoms with Crippen LogP contribution in [0.25, 0.3) is 0 Å². The number of aromatic nitrogens is 2. The Morgan fingerprint density at radius 1 is 1.33 bits per heavy atom. The minimum atomic E-state index is -0.314. The fourth-order valence-corrected chi connectivity index (χ4v) is 3.33. The third-order valence-corrected chi connectivity index (χ3v) is 4.76. The predicted octanol–water partition coefficient (Wildman–Crippen LogP) is 3.60. The molecular formula is C18H25FN4O. The van der Waals surface area contributed by atoms with E-state index in [-0.39, 0.29) is 17.4 Å². The zero-order valence-electron chi connectivity index (χ0n) is 14.6. The Morgan fingerprint density at radius 2 is 2.04 bits per heavy atom. The van der Waals surface area contributed by atoms with Gasteiger partial charge in [0.05, 0.1) is 12.2 Å². The number of benzene rings is 1. The summed E-state index contributed by atoms with van der Waals surface area (Å²) in [5.74, 6) is 1.75. The standard InChI is InChI=1S/C18H25FN4O/c1-11(2)18-21-17(22-24-18)10-23-6-4-13(5-7-23)14-9-15(19)16(20)8-12(14)3/h8-9,11,13H,4-7,10,20H2,1-3H3. The summed E-state index contributed by atoms with van der Waals surface area (Å²) in [7, 11) is 0. The lowest BCUT2D eigenvalue weighted by Gasteiger charge is -2.32. The first-order chi connectivity index (χ1) is 11.4. The van der Waals surface area contributed by atoms with Gasteiger partial charge in [0.15, 0.2) is 5.82 Å². The normalized spacial score (nSPS) is 16.9. The number of aryl methyl sites for hydroxylation is 1. The molecule has 0 bridgehead atoms. The average Bonchev–Trinajstić information content (AvgIpc) is 3.01. The van der Waals surface area contributed by atoms with E-state index in [0.717, 1.165) is 42.9 Å². The van der Waals surface area contributed by atoms with Crippen molar-refractivity contribution in [2.45, 2.75) is 52.0 Å². The Bertz CT molecular complexity index is 705. The first-order valence-corrected chi connectivity index (χ1v) is 8.54. The molecule has 6 heteroatoms. The summed E-state index contributed by atoms with van der Waals surface area (Å²) in [4.78, 5) is 6.76. The highest BCUT2D eigenvalue weighted by Crippen LogP contribution is 2.32. The van der Waals surface area contributed by atoms with Gasteiger partial charge in [0.25, 0.3) is 0 Å². The summed E-state index contributed by atoms with van der Waals surface area (Å²) < 4.78 is 19.0. The fourth-order valence-electron chi connectivity index (χ4n) is 3.33. The molecule has 130 valence electrons. The van der Waals surface area contributed by atoms with E-state index in [9.17, 15) is 4.39 Å². The molecule has 1 aromatic carbocycles. The summed E-state index contributed by atoms with van der Waals surface area (Å²) in [6, 6.07) is 3.35. The van der Waals surface area contributed by atoms with Gasteiger partial charge in [0.2, 0.25) is 5.89 Å². The van der Waals surface area contributed by atoms with Crippen LogP contribution >= 0.6 is 0 Å². The molecule has 1 fully saturated rings. The maximum Gasteiger partial charge on any atom is 0.229 e. The summed E-state index contributed by atoms with van der Waals surface area (Å²) >= 11 is 0. The number of rotatable bonds is 4. The van der Waals surface area contributed by atoms with Crippen LogP contribution in [0.1, 0.15) is 61.4 Å². The third-order valence-electron chi connectivity index (χ3n) is 4.76. The second-order valence-corrected chi connectivity index (χ2v) is 6.98. The van der Waals surface area contributed by atoms with E-state index in [1.54, 1.807) is 12.1 Å². The van der Waals surface area contributed by atoms with Crippen LogP contribution in [0.2, 0.25) is 0 Å². The Kier molecular flexibility index (Phi) is 4.85. The number of piperidine rings is 1. The van der Waals surface area contributed by atoms with Gasteiger partial charge in [-0.3, -0.25) is 4.90 Å². The number of nitrogen functional groups attached to an aromatic ring is 1. The lowest BCUT2D eigenvalue weighted by atomic mass is 9.86. The summed E-state index contributed by atoms with van der Waals surface area (Å²) in [5.41, 5.74) is 8.03. The smallest absolute Gasteiger partial charge is 0.229 e. The van der Waals surface area contributed by atoms with Crippen molar-refractivity contribution in [3.63, 3.8) is 0 Å². The second kappa shape index (κ2) is 6.89. The molecule has 1 saturated heterocycles. The summed E-state index contributed by atoms with van der Waals surface area (Å²) in [5, 5.41) is 4.05. The monoisotopic (exact) mass is 332 g/mol. The zero-order valence-corrected chi connectivity index (χ0v) is 14.6. The van der Waals surface area contributed by atoms with Gasteiger partial charge in [-0.15, -0.1) is 0 Å². The molecule has 1 aliphatic rings. The third kappa shape index (κ3) is 3.59. The maximum atomic E-state index is 13.8. The largest absolute Gasteiger partial charge is 0.396 e. The zero-order chi connectivity index (χ0) is 17.3. The quantitative estimate of drug-likeness (QED) is 0.866. The first kappa shape index (κ1) is 16.9. The minimum Gasteiger partial charge on any atom is -0.396 e. The highest BCUT2D eigenvalue weighted by atomic mass is 19.1. The number of halogens is 1. The molecule has 2 aromatic rings. The van der Waals surface area contributed by atoms with Crippen LogP contribution in [0.3, 0.4) is 0 Å². The Morgan fingerprint density at radius 3 is 2.67 bits per heavy atom. The van der Waals surface area contributed by atoms with E-state index >= 15 is 0 Å². The van der Waals surface area contributed by atoms with Crippen LogP contribution in [-0.2, 0) is 6.54 Å². The van der Waals surface area contributed by atoms with Gasteiger partial charge >= 0.3 is 0 Å². The molecule has 2 heterocycles. The number of nitrogens with two attached hydrogens (primary N) is 1. The molecule has 0 unspecified atom stereocenters. The highest BCUT2D eigenvalue weighted by molar-refractivity contribution is 5.47. The van der Waals surface area contributed by atoms with Gasteiger partial charge < -0.3 is 10.3 Å². The maximum absolute atomic E-state index is 13.8. The molecule has 0 radical (unpaired) electrons. The second-order valence-electron chi connectivity index (χ2n) is 6.98. The molecule has 24 heavy (non-hydrogen) atoms. The molecule has 1 aromatic heterocycles. The van der Waals surface area contributed by atoms with Crippen molar-refractivity contribution >= 4 is 5.69 Å². The van der Waals surface area contributed by atoms with E-state index in [4.69, 9.17) is 10.3 Å². The van der Waals surface area contributed by atoms with E-state index in [1.807, 2.05) is 20.8 Å². The van der Waals surface area contributed by atoms with Crippen LogP contribution in [0.4, 0.5) is 10.1 Å². The molecule has 0 saturated carbocycles. The van der Waals surface area contributed by atoms with Crippen LogP contribution in [-0.4, -0.2) is 28.1 Å². The van der Waals surface area contributed by atoms with Crippen LogP contribution < -0.4 is 5.73 Å². The molecular weight excluding hydrogens is 307 g/mol. The lowest BCUT2D eigenvalue weighted by molar-refractivity contribution is 0.197. The van der Waals surface area contributed by atoms with Gasteiger partial charge in [-0.05, 0) is 62.0 Å². The van der Waals surface area contributed by atoms with E-state index in [0.29, 0.717) is 18.4 Å². The topological polar surface area (TPSA) is 68.2 Å². The van der Waals surface area contributed by atoms with Crippen molar-refractivity contribution in [1.29, 1.82) is 0 Å². The highest BCUT2D eigenvalue weighted by Gasteiger charge is 2.24.